The molecule has 0 aromatic heterocycles. The fraction of sp³-hybridized carbons (Fsp3) is 1.00. The summed E-state index contributed by atoms with van der Waals surface area (Å²) in [6, 6.07) is 0. The first kappa shape index (κ1) is 10.1. The van der Waals surface area contributed by atoms with Crippen molar-refractivity contribution in [2.75, 3.05) is 13.6 Å². The van der Waals surface area contributed by atoms with E-state index in [0.29, 0.717) is 0 Å². The predicted octanol–water partition coefficient (Wildman–Crippen LogP) is 3.06. The molecule has 0 saturated heterocycles. The van der Waals surface area contributed by atoms with E-state index in [9.17, 15) is 0 Å². The molecule has 4 fully saturated rings. The van der Waals surface area contributed by atoms with Gasteiger partial charge in [-0.3, -0.25) is 0 Å². The molecule has 0 aliphatic heterocycles. The van der Waals surface area contributed by atoms with E-state index in [1.165, 1.54) is 13.0 Å². The van der Waals surface area contributed by atoms with Gasteiger partial charge >= 0.3 is 0 Å². The van der Waals surface area contributed by atoms with Gasteiger partial charge in [0.05, 0.1) is 0 Å². The van der Waals surface area contributed by atoms with Gasteiger partial charge in [0.1, 0.15) is 0 Å². The van der Waals surface area contributed by atoms with Gasteiger partial charge in [-0.25, -0.2) is 0 Å². The van der Waals surface area contributed by atoms with Crippen LogP contribution in [0.2, 0.25) is 0 Å². The van der Waals surface area contributed by atoms with Gasteiger partial charge in [-0.05, 0) is 74.8 Å². The first-order valence-electron chi connectivity index (χ1n) is 6.91. The Morgan fingerprint density at radius 1 is 1.13 bits per heavy atom. The summed E-state index contributed by atoms with van der Waals surface area (Å²) in [5, 5.41) is 3.43. The molecule has 0 radical (unpaired) electrons. The molecule has 1 heteroatoms. The third-order valence-electron chi connectivity index (χ3n) is 5.79. The Morgan fingerprint density at radius 2 is 1.80 bits per heavy atom. The second-order valence-electron chi connectivity index (χ2n) is 6.55. The predicted molar refractivity (Wildman–Crippen MR) is 63.7 cm³/mol. The average Bonchev–Trinajstić information content (AvgIpc) is 2.22. The van der Waals surface area contributed by atoms with Crippen molar-refractivity contribution >= 4 is 0 Å². The summed E-state index contributed by atoms with van der Waals surface area (Å²) in [5.74, 6) is 4.27. The van der Waals surface area contributed by atoms with E-state index in [-0.39, 0.29) is 0 Å². The van der Waals surface area contributed by atoms with Gasteiger partial charge in [0.2, 0.25) is 0 Å². The summed E-state index contributed by atoms with van der Waals surface area (Å²) in [6.07, 6.45) is 9.26. The molecule has 4 aliphatic rings. The lowest BCUT2D eigenvalue weighted by Gasteiger charge is -2.60. The molecule has 0 heterocycles. The number of hydrogen-bond donors (Lipinski definition) is 1. The van der Waals surface area contributed by atoms with Gasteiger partial charge in [-0.1, -0.05) is 13.3 Å². The molecule has 2 unspecified atom stereocenters. The topological polar surface area (TPSA) is 12.0 Å². The molecule has 4 saturated carbocycles. The quantitative estimate of drug-likeness (QED) is 0.750. The number of hydrogen-bond acceptors (Lipinski definition) is 1. The largest absolute Gasteiger partial charge is 0.319 e. The molecule has 1 N–H and O–H groups in total. The molecule has 0 spiro atoms. The first-order valence-corrected chi connectivity index (χ1v) is 6.91. The van der Waals surface area contributed by atoms with Crippen molar-refractivity contribution in [1.82, 2.24) is 5.32 Å². The SMILES string of the molecule is CCC12CC3CC(C1)C(CNC)C(C3)C2. The summed E-state index contributed by atoms with van der Waals surface area (Å²) in [7, 11) is 2.13. The zero-order valence-corrected chi connectivity index (χ0v) is 10.3. The third-order valence-corrected chi connectivity index (χ3v) is 5.79. The van der Waals surface area contributed by atoms with Crippen molar-refractivity contribution in [3.05, 3.63) is 0 Å². The zero-order valence-electron chi connectivity index (χ0n) is 10.3. The highest BCUT2D eigenvalue weighted by molar-refractivity contribution is 5.04. The van der Waals surface area contributed by atoms with E-state index in [4.69, 9.17) is 0 Å². The summed E-state index contributed by atoms with van der Waals surface area (Å²) in [6.45, 7) is 3.71. The van der Waals surface area contributed by atoms with Gasteiger partial charge in [0.15, 0.2) is 0 Å². The highest BCUT2D eigenvalue weighted by Crippen LogP contribution is 2.63. The Balaban J connectivity index is 1.81. The van der Waals surface area contributed by atoms with Gasteiger partial charge in [0.25, 0.3) is 0 Å². The molecule has 0 aromatic carbocycles. The Hall–Kier alpha value is -0.0400. The average molecular weight is 207 g/mol. The van der Waals surface area contributed by atoms with Crippen molar-refractivity contribution in [3.63, 3.8) is 0 Å². The summed E-state index contributed by atoms with van der Waals surface area (Å²) < 4.78 is 0. The Kier molecular flexibility index (Phi) is 2.35. The van der Waals surface area contributed by atoms with Gasteiger partial charge < -0.3 is 5.32 Å². The van der Waals surface area contributed by atoms with Crippen LogP contribution in [-0.4, -0.2) is 13.6 Å². The van der Waals surface area contributed by atoms with E-state index in [1.807, 2.05) is 0 Å². The van der Waals surface area contributed by atoms with E-state index in [1.54, 1.807) is 32.1 Å². The molecular weight excluding hydrogens is 182 g/mol. The maximum atomic E-state index is 3.43. The number of nitrogens with one attached hydrogen (secondary N) is 1. The summed E-state index contributed by atoms with van der Waals surface area (Å²) in [4.78, 5) is 0. The molecule has 4 aliphatic carbocycles. The molecular formula is C14H25N. The molecule has 4 rings (SSSR count). The Labute approximate surface area is 94.0 Å². The second kappa shape index (κ2) is 3.48. The smallest absolute Gasteiger partial charge is 0.00182 e. The van der Waals surface area contributed by atoms with Crippen molar-refractivity contribution in [3.8, 4) is 0 Å². The van der Waals surface area contributed by atoms with Crippen LogP contribution in [0.1, 0.15) is 45.4 Å². The normalized spacial score (nSPS) is 52.4. The molecule has 86 valence electrons. The van der Waals surface area contributed by atoms with E-state index in [2.05, 4.69) is 19.3 Å². The second-order valence-corrected chi connectivity index (χ2v) is 6.55. The van der Waals surface area contributed by atoms with Crippen LogP contribution in [-0.2, 0) is 0 Å². The minimum atomic E-state index is 0.792. The van der Waals surface area contributed by atoms with Crippen LogP contribution in [0.5, 0.6) is 0 Å². The number of rotatable bonds is 3. The molecule has 1 nitrogen and oxygen atoms in total. The monoisotopic (exact) mass is 207 g/mol. The Morgan fingerprint density at radius 3 is 2.33 bits per heavy atom. The lowest BCUT2D eigenvalue weighted by Crippen LogP contribution is -2.52. The van der Waals surface area contributed by atoms with Crippen molar-refractivity contribution in [2.45, 2.75) is 45.4 Å². The van der Waals surface area contributed by atoms with Gasteiger partial charge in [-0.2, -0.15) is 0 Å². The van der Waals surface area contributed by atoms with Crippen molar-refractivity contribution in [2.24, 2.45) is 29.1 Å². The van der Waals surface area contributed by atoms with Crippen LogP contribution in [0.15, 0.2) is 0 Å². The molecule has 4 bridgehead atoms. The Bertz CT molecular complexity index is 232. The standard InChI is InChI=1S/C14H25N/c1-3-14-6-10-4-11(7-14)13(9-15-2)12(5-10)8-14/h10-13,15H,3-9H2,1-2H3. The van der Waals surface area contributed by atoms with Crippen LogP contribution in [0.4, 0.5) is 0 Å². The van der Waals surface area contributed by atoms with E-state index in [0.717, 1.165) is 29.1 Å². The lowest BCUT2D eigenvalue weighted by molar-refractivity contribution is -0.0951. The fourth-order valence-electron chi connectivity index (χ4n) is 5.30. The maximum absolute atomic E-state index is 3.43. The summed E-state index contributed by atoms with van der Waals surface area (Å²) >= 11 is 0. The van der Waals surface area contributed by atoms with Gasteiger partial charge in [0, 0.05) is 0 Å². The van der Waals surface area contributed by atoms with Crippen molar-refractivity contribution < 1.29 is 0 Å². The molecule has 15 heavy (non-hydrogen) atoms. The molecule has 0 amide bonds. The molecule has 2 atom stereocenters. The maximum Gasteiger partial charge on any atom is -0.00182 e. The van der Waals surface area contributed by atoms with Crippen LogP contribution in [0.25, 0.3) is 0 Å². The highest BCUT2D eigenvalue weighted by Gasteiger charge is 2.53. The van der Waals surface area contributed by atoms with Crippen LogP contribution in [0, 0.1) is 29.1 Å². The lowest BCUT2D eigenvalue weighted by atomic mass is 9.45. The van der Waals surface area contributed by atoms with Crippen LogP contribution in [0.3, 0.4) is 0 Å². The van der Waals surface area contributed by atoms with E-state index < -0.39 is 0 Å². The minimum absolute atomic E-state index is 0.792. The third kappa shape index (κ3) is 1.46. The van der Waals surface area contributed by atoms with Crippen LogP contribution < -0.4 is 5.32 Å². The minimum Gasteiger partial charge on any atom is -0.319 e. The first-order chi connectivity index (χ1) is 7.26. The fourth-order valence-corrected chi connectivity index (χ4v) is 5.30. The van der Waals surface area contributed by atoms with E-state index >= 15 is 0 Å². The highest BCUT2D eigenvalue weighted by atomic mass is 14.8. The zero-order chi connectivity index (χ0) is 10.5. The van der Waals surface area contributed by atoms with Crippen molar-refractivity contribution in [1.29, 1.82) is 0 Å². The van der Waals surface area contributed by atoms with Gasteiger partial charge in [-0.15, -0.1) is 0 Å². The summed E-state index contributed by atoms with van der Waals surface area (Å²) in [5.41, 5.74) is 0.792. The van der Waals surface area contributed by atoms with Crippen LogP contribution >= 0.6 is 0 Å². The molecule has 0 aromatic rings.